The molecular formula is C19H31IN6O. The molecule has 0 amide bonds. The van der Waals surface area contributed by atoms with Crippen LogP contribution in [0, 0.1) is 6.92 Å². The number of hydrogen-bond donors (Lipinski definition) is 2. The smallest absolute Gasteiger partial charge is 0.191 e. The third kappa shape index (κ3) is 8.15. The minimum absolute atomic E-state index is 0. The first-order valence-electron chi connectivity index (χ1n) is 9.31. The lowest BCUT2D eigenvalue weighted by molar-refractivity contribution is 0.311. The van der Waals surface area contributed by atoms with Gasteiger partial charge in [-0.1, -0.05) is 25.1 Å². The second kappa shape index (κ2) is 13.3. The molecule has 0 fully saturated rings. The van der Waals surface area contributed by atoms with Crippen molar-refractivity contribution in [1.29, 1.82) is 0 Å². The van der Waals surface area contributed by atoms with Crippen molar-refractivity contribution in [2.24, 2.45) is 4.99 Å². The summed E-state index contributed by atoms with van der Waals surface area (Å²) in [6.45, 7) is 10.0. The van der Waals surface area contributed by atoms with Crippen LogP contribution in [0.25, 0.3) is 0 Å². The van der Waals surface area contributed by atoms with Crippen molar-refractivity contribution in [3.8, 4) is 5.75 Å². The van der Waals surface area contributed by atoms with Crippen LogP contribution in [0.15, 0.2) is 35.6 Å². The standard InChI is InChI=1S/C19H30N6O.HI/c1-4-18-24-23-15-25(18)13-12-22-19(20-5-2)21-11-8-14-26-17-10-7-6-9-16(17)3;/h6-7,9-10,15H,4-5,8,11-14H2,1-3H3,(H2,20,21,22);1H. The molecule has 1 heterocycles. The predicted molar refractivity (Wildman–Crippen MR) is 120 cm³/mol. The summed E-state index contributed by atoms with van der Waals surface area (Å²) in [6, 6.07) is 8.07. The highest BCUT2D eigenvalue weighted by Crippen LogP contribution is 2.16. The van der Waals surface area contributed by atoms with Gasteiger partial charge in [0, 0.05) is 39.0 Å². The molecular weight excluding hydrogens is 455 g/mol. The van der Waals surface area contributed by atoms with Crippen LogP contribution in [0.3, 0.4) is 0 Å². The number of aromatic nitrogens is 3. The molecule has 2 rings (SSSR count). The molecule has 0 saturated carbocycles. The number of rotatable bonds is 10. The third-order valence-electron chi connectivity index (χ3n) is 3.92. The van der Waals surface area contributed by atoms with Gasteiger partial charge in [-0.05, 0) is 25.5 Å². The Morgan fingerprint density at radius 3 is 2.78 bits per heavy atom. The molecule has 2 aromatic rings. The molecule has 2 N–H and O–H groups in total. The molecule has 0 aliphatic rings. The Labute approximate surface area is 179 Å². The van der Waals surface area contributed by atoms with Crippen molar-refractivity contribution in [2.75, 3.05) is 26.2 Å². The molecule has 0 radical (unpaired) electrons. The number of para-hydroxylation sites is 1. The number of aryl methyl sites for hydroxylation is 2. The average Bonchev–Trinajstić information content (AvgIpc) is 3.10. The van der Waals surface area contributed by atoms with Crippen molar-refractivity contribution >= 4 is 29.9 Å². The maximum atomic E-state index is 5.81. The first kappa shape index (κ1) is 23.2. The van der Waals surface area contributed by atoms with Crippen molar-refractivity contribution in [2.45, 2.75) is 40.2 Å². The molecule has 150 valence electrons. The molecule has 0 saturated heterocycles. The minimum Gasteiger partial charge on any atom is -0.493 e. The van der Waals surface area contributed by atoms with Gasteiger partial charge in [0.1, 0.15) is 17.9 Å². The maximum Gasteiger partial charge on any atom is 0.191 e. The maximum absolute atomic E-state index is 5.81. The van der Waals surface area contributed by atoms with E-state index in [0.717, 1.165) is 55.6 Å². The summed E-state index contributed by atoms with van der Waals surface area (Å²) in [5, 5.41) is 14.7. The number of hydrogen-bond acceptors (Lipinski definition) is 4. The highest BCUT2D eigenvalue weighted by Gasteiger charge is 2.02. The summed E-state index contributed by atoms with van der Waals surface area (Å²) in [6.07, 6.45) is 3.53. The van der Waals surface area contributed by atoms with Gasteiger partial charge >= 0.3 is 0 Å². The summed E-state index contributed by atoms with van der Waals surface area (Å²) in [7, 11) is 0. The average molecular weight is 486 g/mol. The number of aliphatic imine (C=N–C) groups is 1. The fourth-order valence-corrected chi connectivity index (χ4v) is 2.53. The molecule has 0 unspecified atom stereocenters. The fraction of sp³-hybridized carbons (Fsp3) is 0.526. The molecule has 0 bridgehead atoms. The van der Waals surface area contributed by atoms with Gasteiger partial charge in [0.2, 0.25) is 0 Å². The van der Waals surface area contributed by atoms with E-state index in [1.165, 1.54) is 0 Å². The highest BCUT2D eigenvalue weighted by atomic mass is 127. The van der Waals surface area contributed by atoms with Gasteiger partial charge in [0.25, 0.3) is 0 Å². The normalized spacial score (nSPS) is 11.0. The van der Waals surface area contributed by atoms with Crippen molar-refractivity contribution in [3.05, 3.63) is 42.0 Å². The summed E-state index contributed by atoms with van der Waals surface area (Å²) in [5.41, 5.74) is 1.16. The quantitative estimate of drug-likeness (QED) is 0.234. The van der Waals surface area contributed by atoms with Crippen molar-refractivity contribution in [3.63, 3.8) is 0 Å². The minimum atomic E-state index is 0. The van der Waals surface area contributed by atoms with Gasteiger partial charge in [-0.2, -0.15) is 0 Å². The first-order chi connectivity index (χ1) is 12.7. The number of guanidine groups is 1. The molecule has 1 aromatic carbocycles. The van der Waals surface area contributed by atoms with E-state index in [1.54, 1.807) is 6.33 Å². The van der Waals surface area contributed by atoms with Crippen LogP contribution in [0.2, 0.25) is 0 Å². The van der Waals surface area contributed by atoms with E-state index in [0.29, 0.717) is 13.2 Å². The van der Waals surface area contributed by atoms with Crippen molar-refractivity contribution < 1.29 is 4.74 Å². The van der Waals surface area contributed by atoms with E-state index in [-0.39, 0.29) is 24.0 Å². The molecule has 7 nitrogen and oxygen atoms in total. The van der Waals surface area contributed by atoms with Gasteiger partial charge < -0.3 is 19.9 Å². The second-order valence-electron chi connectivity index (χ2n) is 5.95. The van der Waals surface area contributed by atoms with Crippen LogP contribution in [-0.4, -0.2) is 47.0 Å². The Bertz CT molecular complexity index is 688. The number of nitrogens with zero attached hydrogens (tertiary/aromatic N) is 4. The van der Waals surface area contributed by atoms with Crippen LogP contribution >= 0.6 is 24.0 Å². The van der Waals surface area contributed by atoms with E-state index >= 15 is 0 Å². The van der Waals surface area contributed by atoms with E-state index in [9.17, 15) is 0 Å². The highest BCUT2D eigenvalue weighted by molar-refractivity contribution is 14.0. The van der Waals surface area contributed by atoms with Crippen LogP contribution in [0.5, 0.6) is 5.75 Å². The number of nitrogens with one attached hydrogen (secondary N) is 2. The van der Waals surface area contributed by atoms with E-state index in [1.807, 2.05) is 18.2 Å². The largest absolute Gasteiger partial charge is 0.493 e. The Balaban J connectivity index is 0.00000364. The zero-order chi connectivity index (χ0) is 18.6. The molecule has 8 heteroatoms. The van der Waals surface area contributed by atoms with Gasteiger partial charge in [-0.15, -0.1) is 34.2 Å². The van der Waals surface area contributed by atoms with E-state index in [2.05, 4.69) is 57.2 Å². The molecule has 1 aromatic heterocycles. The zero-order valence-electron chi connectivity index (χ0n) is 16.4. The summed E-state index contributed by atoms with van der Waals surface area (Å²) >= 11 is 0. The topological polar surface area (TPSA) is 76.4 Å². The summed E-state index contributed by atoms with van der Waals surface area (Å²) in [5.74, 6) is 2.78. The number of benzene rings is 1. The zero-order valence-corrected chi connectivity index (χ0v) is 18.8. The van der Waals surface area contributed by atoms with Gasteiger partial charge in [0.15, 0.2) is 5.96 Å². The SMILES string of the molecule is CCNC(=NCCCOc1ccccc1C)NCCn1cnnc1CC.I. The Morgan fingerprint density at radius 1 is 1.22 bits per heavy atom. The van der Waals surface area contributed by atoms with Gasteiger partial charge in [0.05, 0.1) is 6.61 Å². The molecule has 0 aliphatic carbocycles. The van der Waals surface area contributed by atoms with Crippen molar-refractivity contribution in [1.82, 2.24) is 25.4 Å². The molecule has 27 heavy (non-hydrogen) atoms. The summed E-state index contributed by atoms with van der Waals surface area (Å²) < 4.78 is 7.87. The fourth-order valence-electron chi connectivity index (χ4n) is 2.53. The van der Waals surface area contributed by atoms with Crippen LogP contribution in [0.1, 0.15) is 31.7 Å². The van der Waals surface area contributed by atoms with Crippen LogP contribution in [0.4, 0.5) is 0 Å². The Morgan fingerprint density at radius 2 is 2.04 bits per heavy atom. The molecule has 0 aliphatic heterocycles. The Hall–Kier alpha value is -1.84. The lowest BCUT2D eigenvalue weighted by Crippen LogP contribution is -2.39. The molecule has 0 spiro atoms. The number of halogens is 1. The monoisotopic (exact) mass is 486 g/mol. The third-order valence-corrected chi connectivity index (χ3v) is 3.92. The summed E-state index contributed by atoms with van der Waals surface area (Å²) in [4.78, 5) is 4.60. The Kier molecular flexibility index (Phi) is 11.5. The van der Waals surface area contributed by atoms with E-state index in [4.69, 9.17) is 4.74 Å². The molecule has 0 atom stereocenters. The van der Waals surface area contributed by atoms with Gasteiger partial charge in [-0.3, -0.25) is 4.99 Å². The number of ether oxygens (including phenoxy) is 1. The lowest BCUT2D eigenvalue weighted by Gasteiger charge is -2.12. The lowest BCUT2D eigenvalue weighted by atomic mass is 10.2. The second-order valence-corrected chi connectivity index (χ2v) is 5.95. The van der Waals surface area contributed by atoms with E-state index < -0.39 is 0 Å². The predicted octanol–water partition coefficient (Wildman–Crippen LogP) is 2.79. The first-order valence-corrected chi connectivity index (χ1v) is 9.31. The van der Waals surface area contributed by atoms with Gasteiger partial charge in [-0.25, -0.2) is 0 Å². The van der Waals surface area contributed by atoms with Crippen LogP contribution in [-0.2, 0) is 13.0 Å². The van der Waals surface area contributed by atoms with Crippen LogP contribution < -0.4 is 15.4 Å².